The third-order valence-corrected chi connectivity index (χ3v) is 5.51. The van der Waals surface area contributed by atoms with Gasteiger partial charge < -0.3 is 9.80 Å². The summed E-state index contributed by atoms with van der Waals surface area (Å²) in [6, 6.07) is 15.8. The van der Waals surface area contributed by atoms with Crippen LogP contribution in [0, 0.1) is 6.92 Å². The first kappa shape index (κ1) is 19.1. The zero-order valence-electron chi connectivity index (χ0n) is 17.1. The first-order chi connectivity index (χ1) is 13.9. The number of hydrogen-bond donors (Lipinski definition) is 0. The van der Waals surface area contributed by atoms with Gasteiger partial charge in [0.05, 0.1) is 11.1 Å². The van der Waals surface area contributed by atoms with Crippen LogP contribution in [0.15, 0.2) is 54.7 Å². The van der Waals surface area contributed by atoms with Crippen molar-refractivity contribution < 1.29 is 4.79 Å². The Morgan fingerprint density at radius 1 is 0.897 bits per heavy atom. The van der Waals surface area contributed by atoms with E-state index in [1.54, 1.807) is 4.68 Å². The Bertz CT molecular complexity index is 972. The molecule has 0 atom stereocenters. The Labute approximate surface area is 171 Å². The van der Waals surface area contributed by atoms with E-state index in [-0.39, 0.29) is 5.91 Å². The molecular weight excluding hydrogens is 364 g/mol. The van der Waals surface area contributed by atoms with Crippen LogP contribution < -0.4 is 4.90 Å². The summed E-state index contributed by atoms with van der Waals surface area (Å²) >= 11 is 0. The monoisotopic (exact) mass is 390 g/mol. The largest absolute Gasteiger partial charge is 0.352 e. The maximum absolute atomic E-state index is 13.1. The van der Waals surface area contributed by atoms with Gasteiger partial charge >= 0.3 is 0 Å². The molecule has 29 heavy (non-hydrogen) atoms. The van der Waals surface area contributed by atoms with E-state index in [1.807, 2.05) is 80.4 Å². The topological polar surface area (TPSA) is 67.2 Å². The zero-order chi connectivity index (χ0) is 20.4. The van der Waals surface area contributed by atoms with Gasteiger partial charge in [-0.1, -0.05) is 30.3 Å². The van der Waals surface area contributed by atoms with Crippen LogP contribution in [0.2, 0.25) is 0 Å². The lowest BCUT2D eigenvalue weighted by Gasteiger charge is -2.39. The van der Waals surface area contributed by atoms with Gasteiger partial charge in [-0.25, -0.2) is 4.68 Å². The van der Waals surface area contributed by atoms with Gasteiger partial charge in [0, 0.05) is 32.4 Å². The minimum atomic E-state index is -0.535. The number of aryl methyl sites for hydroxylation is 1. The van der Waals surface area contributed by atoms with Crippen LogP contribution in [0.4, 0.5) is 5.82 Å². The highest BCUT2D eigenvalue weighted by molar-refractivity contribution is 5.87. The molecule has 1 fully saturated rings. The minimum absolute atomic E-state index is 0.166. The highest BCUT2D eigenvalue weighted by Gasteiger charge is 2.35. The molecule has 0 saturated carbocycles. The molecule has 7 nitrogen and oxygen atoms in total. The molecule has 1 amide bonds. The van der Waals surface area contributed by atoms with Crippen LogP contribution in [0.1, 0.15) is 25.1 Å². The molecule has 2 aromatic heterocycles. The summed E-state index contributed by atoms with van der Waals surface area (Å²) in [6.45, 7) is 8.78. The molecule has 7 heteroatoms. The number of hydrogen-bond acceptors (Lipinski definition) is 5. The van der Waals surface area contributed by atoms with Crippen molar-refractivity contribution in [2.24, 2.45) is 0 Å². The fourth-order valence-corrected chi connectivity index (χ4v) is 3.66. The number of amides is 1. The van der Waals surface area contributed by atoms with E-state index in [9.17, 15) is 4.79 Å². The van der Waals surface area contributed by atoms with Gasteiger partial charge in [0.1, 0.15) is 0 Å². The smallest absolute Gasteiger partial charge is 0.232 e. The average Bonchev–Trinajstić information content (AvgIpc) is 3.20. The van der Waals surface area contributed by atoms with Crippen molar-refractivity contribution >= 4 is 11.7 Å². The van der Waals surface area contributed by atoms with Gasteiger partial charge in [-0.15, -0.1) is 10.2 Å². The number of benzene rings is 1. The molecule has 1 saturated heterocycles. The van der Waals surface area contributed by atoms with Crippen molar-refractivity contribution in [2.45, 2.75) is 26.2 Å². The molecule has 3 aromatic rings. The lowest BCUT2D eigenvalue weighted by molar-refractivity contribution is -0.136. The molecule has 3 heterocycles. The predicted octanol–water partition coefficient (Wildman–Crippen LogP) is 2.60. The van der Waals surface area contributed by atoms with E-state index in [1.165, 1.54) is 0 Å². The first-order valence-electron chi connectivity index (χ1n) is 9.91. The van der Waals surface area contributed by atoms with Gasteiger partial charge in [0.25, 0.3) is 0 Å². The van der Waals surface area contributed by atoms with E-state index in [4.69, 9.17) is 0 Å². The molecule has 0 unspecified atom stereocenters. The number of piperazine rings is 1. The van der Waals surface area contributed by atoms with Crippen molar-refractivity contribution in [3.8, 4) is 5.82 Å². The summed E-state index contributed by atoms with van der Waals surface area (Å²) < 4.78 is 1.72. The summed E-state index contributed by atoms with van der Waals surface area (Å²) in [5.41, 5.74) is 1.45. The number of rotatable bonds is 4. The molecule has 1 aromatic carbocycles. The molecule has 0 bridgehead atoms. The fraction of sp³-hybridized carbons (Fsp3) is 0.364. The van der Waals surface area contributed by atoms with E-state index in [0.717, 1.165) is 30.2 Å². The third-order valence-electron chi connectivity index (χ3n) is 5.51. The van der Waals surface area contributed by atoms with E-state index in [0.29, 0.717) is 18.9 Å². The molecular formula is C22H26N6O. The Kier molecular flexibility index (Phi) is 5.05. The second kappa shape index (κ2) is 7.66. The fourth-order valence-electron chi connectivity index (χ4n) is 3.66. The number of anilines is 1. The van der Waals surface area contributed by atoms with E-state index in [2.05, 4.69) is 20.2 Å². The van der Waals surface area contributed by atoms with Crippen LogP contribution in [0.5, 0.6) is 0 Å². The minimum Gasteiger partial charge on any atom is -0.352 e. The van der Waals surface area contributed by atoms with Crippen molar-refractivity contribution in [1.82, 2.24) is 24.9 Å². The summed E-state index contributed by atoms with van der Waals surface area (Å²) in [6.07, 6.45) is 1.87. The van der Waals surface area contributed by atoms with Gasteiger partial charge in [0.2, 0.25) is 5.91 Å². The third kappa shape index (κ3) is 3.85. The normalized spacial score (nSPS) is 14.9. The molecule has 0 radical (unpaired) electrons. The maximum atomic E-state index is 13.1. The summed E-state index contributed by atoms with van der Waals surface area (Å²) in [7, 11) is 0. The van der Waals surface area contributed by atoms with Crippen LogP contribution in [-0.4, -0.2) is 57.0 Å². The maximum Gasteiger partial charge on any atom is 0.232 e. The summed E-state index contributed by atoms with van der Waals surface area (Å²) in [5, 5.41) is 13.0. The predicted molar refractivity (Wildman–Crippen MR) is 112 cm³/mol. The summed E-state index contributed by atoms with van der Waals surface area (Å²) in [5.74, 6) is 1.69. The van der Waals surface area contributed by atoms with Crippen molar-refractivity contribution in [2.75, 3.05) is 31.1 Å². The molecule has 0 aliphatic carbocycles. The molecule has 1 aliphatic rings. The van der Waals surface area contributed by atoms with Crippen LogP contribution in [-0.2, 0) is 10.2 Å². The number of nitrogens with zero attached hydrogens (tertiary/aromatic N) is 6. The SMILES string of the molecule is Cc1ccn(-c2ccc(N3CCN(C(=O)C(C)(C)c4ccccc4)CC3)nn2)n1. The lowest BCUT2D eigenvalue weighted by atomic mass is 9.83. The van der Waals surface area contributed by atoms with E-state index < -0.39 is 5.41 Å². The number of carbonyl (C=O) groups is 1. The standard InChI is InChI=1S/C22H26N6O/c1-17-11-12-28(25-17)20-10-9-19(23-24-20)26-13-15-27(16-14-26)21(29)22(2,3)18-7-5-4-6-8-18/h4-12H,13-16H2,1-3H3. The average molecular weight is 390 g/mol. The van der Waals surface area contributed by atoms with Crippen molar-refractivity contribution in [3.05, 3.63) is 66.0 Å². The van der Waals surface area contributed by atoms with Crippen molar-refractivity contribution in [1.29, 1.82) is 0 Å². The van der Waals surface area contributed by atoms with Crippen LogP contribution in [0.3, 0.4) is 0 Å². The highest BCUT2D eigenvalue weighted by Crippen LogP contribution is 2.26. The number of carbonyl (C=O) groups excluding carboxylic acids is 1. The second-order valence-electron chi connectivity index (χ2n) is 7.92. The molecule has 0 spiro atoms. The Morgan fingerprint density at radius 3 is 2.14 bits per heavy atom. The van der Waals surface area contributed by atoms with Gasteiger partial charge in [0.15, 0.2) is 11.6 Å². The Morgan fingerprint density at radius 2 is 1.55 bits per heavy atom. The zero-order valence-corrected chi connectivity index (χ0v) is 17.1. The second-order valence-corrected chi connectivity index (χ2v) is 7.92. The first-order valence-corrected chi connectivity index (χ1v) is 9.91. The number of aromatic nitrogens is 4. The van der Waals surface area contributed by atoms with Gasteiger partial charge in [-0.05, 0) is 44.5 Å². The highest BCUT2D eigenvalue weighted by atomic mass is 16.2. The van der Waals surface area contributed by atoms with E-state index >= 15 is 0 Å². The molecule has 4 rings (SSSR count). The molecule has 150 valence electrons. The van der Waals surface area contributed by atoms with Crippen LogP contribution in [0.25, 0.3) is 5.82 Å². The van der Waals surface area contributed by atoms with Gasteiger partial charge in [-0.3, -0.25) is 4.79 Å². The quantitative estimate of drug-likeness (QED) is 0.685. The van der Waals surface area contributed by atoms with Gasteiger partial charge in [-0.2, -0.15) is 5.10 Å². The Balaban J connectivity index is 1.40. The van der Waals surface area contributed by atoms with Crippen LogP contribution >= 0.6 is 0 Å². The lowest BCUT2D eigenvalue weighted by Crippen LogP contribution is -2.53. The Hall–Kier alpha value is -3.22. The van der Waals surface area contributed by atoms with Crippen molar-refractivity contribution in [3.63, 3.8) is 0 Å². The molecule has 1 aliphatic heterocycles. The summed E-state index contributed by atoms with van der Waals surface area (Å²) in [4.78, 5) is 17.3. The molecule has 0 N–H and O–H groups in total.